The Bertz CT molecular complexity index is 1070. The summed E-state index contributed by atoms with van der Waals surface area (Å²) in [6.07, 6.45) is 0.743. The molecule has 0 aliphatic rings. The van der Waals surface area contributed by atoms with Crippen molar-refractivity contribution in [2.75, 3.05) is 45.1 Å². The van der Waals surface area contributed by atoms with Crippen molar-refractivity contribution in [1.82, 2.24) is 0 Å². The number of hydrogen-bond acceptors (Lipinski definition) is 6. The first kappa shape index (κ1) is 24.7. The fourth-order valence-electron chi connectivity index (χ4n) is 3.57. The number of benzene rings is 3. The van der Waals surface area contributed by atoms with Crippen LogP contribution in [-0.2, 0) is 9.09 Å². The van der Waals surface area contributed by atoms with Gasteiger partial charge in [0.05, 0.1) is 20.8 Å². The highest BCUT2D eigenvalue weighted by Gasteiger charge is 2.39. The SMILES string of the molecule is CCCO[P@@](=O)(c1ccc(N(C)C)cc1)[C@H](Nc1ccccc1)c1cc(OC)ccc1OC. The number of methoxy groups -OCH3 is 2. The summed E-state index contributed by atoms with van der Waals surface area (Å²) < 4.78 is 32.2. The van der Waals surface area contributed by atoms with Crippen LogP contribution in [0.5, 0.6) is 11.5 Å². The fourth-order valence-corrected chi connectivity index (χ4v) is 6.08. The Labute approximate surface area is 196 Å². The zero-order valence-electron chi connectivity index (χ0n) is 19.9. The molecule has 0 radical (unpaired) electrons. The van der Waals surface area contributed by atoms with Crippen molar-refractivity contribution in [1.29, 1.82) is 0 Å². The van der Waals surface area contributed by atoms with Gasteiger partial charge in [-0.25, -0.2) is 0 Å². The van der Waals surface area contributed by atoms with Crippen LogP contribution in [-0.4, -0.2) is 34.9 Å². The minimum atomic E-state index is -3.47. The van der Waals surface area contributed by atoms with E-state index in [-0.39, 0.29) is 0 Å². The van der Waals surface area contributed by atoms with Crippen LogP contribution in [0.1, 0.15) is 24.7 Å². The van der Waals surface area contributed by atoms with Crippen LogP contribution >= 0.6 is 7.37 Å². The third kappa shape index (κ3) is 5.70. The quantitative estimate of drug-likeness (QED) is 0.353. The highest BCUT2D eigenvalue weighted by Crippen LogP contribution is 2.60. The van der Waals surface area contributed by atoms with Gasteiger partial charge in [-0.2, -0.15) is 0 Å². The number of rotatable bonds is 11. The highest BCUT2D eigenvalue weighted by molar-refractivity contribution is 7.67. The summed E-state index contributed by atoms with van der Waals surface area (Å²) in [7, 11) is 3.69. The van der Waals surface area contributed by atoms with E-state index < -0.39 is 13.2 Å². The molecular formula is C26H33N2O4P. The average molecular weight is 469 g/mol. The molecule has 3 rings (SSSR count). The third-order valence-corrected chi connectivity index (χ3v) is 8.03. The Balaban J connectivity index is 2.21. The van der Waals surface area contributed by atoms with Crippen LogP contribution < -0.4 is 25.0 Å². The normalized spacial score (nSPS) is 13.6. The molecule has 7 heteroatoms. The zero-order valence-corrected chi connectivity index (χ0v) is 20.8. The second-order valence-corrected chi connectivity index (χ2v) is 10.3. The Morgan fingerprint density at radius 1 is 0.939 bits per heavy atom. The van der Waals surface area contributed by atoms with E-state index in [2.05, 4.69) is 5.32 Å². The minimum absolute atomic E-state index is 0.367. The first-order valence-corrected chi connectivity index (χ1v) is 12.7. The van der Waals surface area contributed by atoms with Crippen LogP contribution in [0.4, 0.5) is 11.4 Å². The van der Waals surface area contributed by atoms with E-state index in [1.807, 2.05) is 98.7 Å². The zero-order chi connectivity index (χ0) is 23.8. The molecule has 1 N–H and O–H groups in total. The van der Waals surface area contributed by atoms with Crippen molar-refractivity contribution in [3.05, 3.63) is 78.4 Å². The molecule has 0 bridgehead atoms. The minimum Gasteiger partial charge on any atom is -0.497 e. The molecular weight excluding hydrogens is 435 g/mol. The van der Waals surface area contributed by atoms with Crippen LogP contribution in [0.2, 0.25) is 0 Å². The molecule has 3 aromatic carbocycles. The lowest BCUT2D eigenvalue weighted by Crippen LogP contribution is -2.22. The van der Waals surface area contributed by atoms with Gasteiger partial charge >= 0.3 is 0 Å². The van der Waals surface area contributed by atoms with Gasteiger partial charge in [0.1, 0.15) is 17.3 Å². The van der Waals surface area contributed by atoms with E-state index in [1.54, 1.807) is 14.2 Å². The van der Waals surface area contributed by atoms with Crippen LogP contribution in [0.3, 0.4) is 0 Å². The molecule has 0 amide bonds. The maximum atomic E-state index is 14.8. The Morgan fingerprint density at radius 2 is 1.64 bits per heavy atom. The summed E-state index contributed by atoms with van der Waals surface area (Å²) in [5.74, 6) is 0.562. The first-order chi connectivity index (χ1) is 15.9. The van der Waals surface area contributed by atoms with Crippen molar-refractivity contribution < 1.29 is 18.6 Å². The molecule has 6 nitrogen and oxygen atoms in total. The van der Waals surface area contributed by atoms with Gasteiger partial charge in [0, 0.05) is 36.3 Å². The van der Waals surface area contributed by atoms with Crippen LogP contribution in [0.25, 0.3) is 0 Å². The summed E-state index contributed by atoms with van der Waals surface area (Å²) in [5.41, 5.74) is 2.56. The molecule has 2 atom stereocenters. The lowest BCUT2D eigenvalue weighted by Gasteiger charge is -2.31. The lowest BCUT2D eigenvalue weighted by molar-refractivity contribution is 0.314. The van der Waals surface area contributed by atoms with Gasteiger partial charge in [-0.1, -0.05) is 25.1 Å². The smallest absolute Gasteiger partial charge is 0.258 e. The van der Waals surface area contributed by atoms with E-state index >= 15 is 0 Å². The predicted octanol–water partition coefficient (Wildman–Crippen LogP) is 5.91. The van der Waals surface area contributed by atoms with Crippen molar-refractivity contribution in [3.63, 3.8) is 0 Å². The summed E-state index contributed by atoms with van der Waals surface area (Å²) in [6.45, 7) is 2.37. The standard InChI is InChI=1S/C26H33N2O4P/c1-6-18-32-33(29,23-15-12-21(13-16-23)28(2)3)26(27-20-10-8-7-9-11-20)24-19-22(30-4)14-17-25(24)31-5/h7-17,19,26-27H,6,18H2,1-5H3/t26-,33-/m0/s1. The molecule has 0 fully saturated rings. The van der Waals surface area contributed by atoms with Gasteiger partial charge in [-0.15, -0.1) is 0 Å². The topological polar surface area (TPSA) is 60.0 Å². The van der Waals surface area contributed by atoms with E-state index in [9.17, 15) is 4.57 Å². The van der Waals surface area contributed by atoms with E-state index in [1.165, 1.54) is 0 Å². The number of para-hydroxylation sites is 1. The lowest BCUT2D eigenvalue weighted by atomic mass is 10.1. The highest BCUT2D eigenvalue weighted by atomic mass is 31.2. The van der Waals surface area contributed by atoms with Gasteiger partial charge in [0.15, 0.2) is 0 Å². The van der Waals surface area contributed by atoms with Crippen molar-refractivity contribution >= 4 is 24.0 Å². The van der Waals surface area contributed by atoms with E-state index in [0.29, 0.717) is 29.0 Å². The Hall–Kier alpha value is -2.95. The molecule has 176 valence electrons. The van der Waals surface area contributed by atoms with Gasteiger partial charge in [0.2, 0.25) is 0 Å². The summed E-state index contributed by atoms with van der Waals surface area (Å²) in [6, 6.07) is 22.9. The molecule has 3 aromatic rings. The second-order valence-electron chi connectivity index (χ2n) is 7.86. The molecule has 33 heavy (non-hydrogen) atoms. The van der Waals surface area contributed by atoms with Gasteiger partial charge in [-0.3, -0.25) is 4.57 Å². The molecule has 0 aromatic heterocycles. The monoisotopic (exact) mass is 468 g/mol. The molecule has 0 spiro atoms. The molecule has 0 aliphatic heterocycles. The van der Waals surface area contributed by atoms with Gasteiger partial charge in [-0.05, 0) is 61.0 Å². The third-order valence-electron chi connectivity index (χ3n) is 5.36. The summed E-state index contributed by atoms with van der Waals surface area (Å²) in [4.78, 5) is 2.01. The summed E-state index contributed by atoms with van der Waals surface area (Å²) in [5, 5.41) is 4.11. The fraction of sp³-hybridized carbons (Fsp3) is 0.308. The largest absolute Gasteiger partial charge is 0.497 e. The van der Waals surface area contributed by atoms with Gasteiger partial charge in [0.25, 0.3) is 7.37 Å². The van der Waals surface area contributed by atoms with Crippen LogP contribution in [0, 0.1) is 0 Å². The first-order valence-electron chi connectivity index (χ1n) is 11.0. The number of anilines is 2. The average Bonchev–Trinajstić information content (AvgIpc) is 2.86. The maximum Gasteiger partial charge on any atom is 0.258 e. The van der Waals surface area contributed by atoms with Crippen LogP contribution in [0.15, 0.2) is 72.8 Å². The van der Waals surface area contributed by atoms with E-state index in [4.69, 9.17) is 14.0 Å². The number of nitrogens with zero attached hydrogens (tertiary/aromatic N) is 1. The van der Waals surface area contributed by atoms with Crippen molar-refractivity contribution in [2.24, 2.45) is 0 Å². The molecule has 0 saturated carbocycles. The molecule has 0 aliphatic carbocycles. The van der Waals surface area contributed by atoms with Crippen molar-refractivity contribution in [3.8, 4) is 11.5 Å². The predicted molar refractivity (Wildman–Crippen MR) is 137 cm³/mol. The van der Waals surface area contributed by atoms with Gasteiger partial charge < -0.3 is 24.2 Å². The molecule has 0 saturated heterocycles. The molecule has 0 heterocycles. The second kappa shape index (κ2) is 11.3. The Kier molecular flexibility index (Phi) is 8.43. The number of hydrogen-bond donors (Lipinski definition) is 1. The molecule has 0 unspecified atom stereocenters. The maximum absolute atomic E-state index is 14.8. The van der Waals surface area contributed by atoms with Crippen molar-refractivity contribution in [2.45, 2.75) is 19.1 Å². The Morgan fingerprint density at radius 3 is 2.21 bits per heavy atom. The number of ether oxygens (including phenoxy) is 2. The number of nitrogens with one attached hydrogen (secondary N) is 1. The summed E-state index contributed by atoms with van der Waals surface area (Å²) >= 11 is 0. The van der Waals surface area contributed by atoms with E-state index in [0.717, 1.165) is 17.8 Å².